The van der Waals surface area contributed by atoms with Crippen LogP contribution in [0.2, 0.25) is 0 Å². The number of aliphatic hydroxyl groups excluding tert-OH is 1. The first-order chi connectivity index (χ1) is 14.5. The van der Waals surface area contributed by atoms with Crippen LogP contribution >= 0.6 is 0 Å². The number of benzene rings is 2. The summed E-state index contributed by atoms with van der Waals surface area (Å²) >= 11 is 0. The summed E-state index contributed by atoms with van der Waals surface area (Å²) in [5, 5.41) is 10.5. The molecule has 0 spiro atoms. The Morgan fingerprint density at radius 2 is 1.70 bits per heavy atom. The molecule has 4 rings (SSSR count). The van der Waals surface area contributed by atoms with E-state index >= 15 is 0 Å². The van der Waals surface area contributed by atoms with E-state index < -0.39 is 6.10 Å². The highest BCUT2D eigenvalue weighted by molar-refractivity contribution is 5.44. The number of hydrogen-bond acceptors (Lipinski definition) is 6. The van der Waals surface area contributed by atoms with Crippen molar-refractivity contribution in [1.82, 2.24) is 9.80 Å². The number of hydrogen-bond donors (Lipinski definition) is 1. The summed E-state index contributed by atoms with van der Waals surface area (Å²) < 4.78 is 16.8. The number of piperazine rings is 1. The molecule has 6 heteroatoms. The van der Waals surface area contributed by atoms with Crippen molar-refractivity contribution in [2.24, 2.45) is 0 Å². The van der Waals surface area contributed by atoms with Gasteiger partial charge in [0.05, 0.1) is 0 Å². The fourth-order valence-electron chi connectivity index (χ4n) is 4.11. The second kappa shape index (κ2) is 9.25. The average molecular weight is 413 g/mol. The molecule has 0 radical (unpaired) electrons. The number of aryl methyl sites for hydroxylation is 2. The van der Waals surface area contributed by atoms with E-state index in [4.69, 9.17) is 14.2 Å². The summed E-state index contributed by atoms with van der Waals surface area (Å²) in [6.07, 6.45) is -0.495. The van der Waals surface area contributed by atoms with E-state index in [9.17, 15) is 5.11 Å². The van der Waals surface area contributed by atoms with Gasteiger partial charge in [-0.1, -0.05) is 12.1 Å². The van der Waals surface area contributed by atoms with Gasteiger partial charge in [-0.05, 0) is 61.2 Å². The first kappa shape index (κ1) is 21.0. The average Bonchev–Trinajstić information content (AvgIpc) is 3.19. The van der Waals surface area contributed by atoms with E-state index in [1.165, 1.54) is 16.7 Å². The number of ether oxygens (including phenoxy) is 3. The lowest BCUT2D eigenvalue weighted by Gasteiger charge is -2.35. The maximum Gasteiger partial charge on any atom is 0.231 e. The molecule has 2 heterocycles. The van der Waals surface area contributed by atoms with Gasteiger partial charge in [-0.3, -0.25) is 9.80 Å². The lowest BCUT2D eigenvalue weighted by Crippen LogP contribution is -2.48. The van der Waals surface area contributed by atoms with Crippen molar-refractivity contribution < 1.29 is 19.3 Å². The van der Waals surface area contributed by atoms with E-state index in [1.807, 2.05) is 12.1 Å². The fourth-order valence-corrected chi connectivity index (χ4v) is 4.11. The molecule has 0 aromatic heterocycles. The third-order valence-corrected chi connectivity index (χ3v) is 5.97. The zero-order valence-electron chi connectivity index (χ0n) is 18.2. The third kappa shape index (κ3) is 5.06. The summed E-state index contributed by atoms with van der Waals surface area (Å²) in [5.41, 5.74) is 4.79. The lowest BCUT2D eigenvalue weighted by atomic mass is 10.1. The van der Waals surface area contributed by atoms with Crippen molar-refractivity contribution in [2.75, 3.05) is 46.1 Å². The molecular weight excluding hydrogens is 380 g/mol. The van der Waals surface area contributed by atoms with Crippen molar-refractivity contribution in [1.29, 1.82) is 0 Å². The Morgan fingerprint density at radius 3 is 2.50 bits per heavy atom. The summed E-state index contributed by atoms with van der Waals surface area (Å²) in [7, 11) is 0. The van der Waals surface area contributed by atoms with Gasteiger partial charge in [-0.15, -0.1) is 0 Å². The molecular formula is C24H32N2O4. The van der Waals surface area contributed by atoms with Gasteiger partial charge in [-0.2, -0.15) is 0 Å². The Labute approximate surface area is 179 Å². The minimum atomic E-state index is -0.495. The molecule has 2 aromatic carbocycles. The molecule has 0 saturated carbocycles. The number of aliphatic hydroxyl groups is 1. The molecule has 2 aromatic rings. The summed E-state index contributed by atoms with van der Waals surface area (Å²) in [4.78, 5) is 4.76. The highest BCUT2D eigenvalue weighted by atomic mass is 16.7. The Morgan fingerprint density at radius 1 is 0.967 bits per heavy atom. The predicted molar refractivity (Wildman–Crippen MR) is 116 cm³/mol. The number of rotatable bonds is 7. The van der Waals surface area contributed by atoms with E-state index in [1.54, 1.807) is 0 Å². The van der Waals surface area contributed by atoms with Gasteiger partial charge in [0, 0.05) is 39.3 Å². The minimum absolute atomic E-state index is 0.312. The van der Waals surface area contributed by atoms with Gasteiger partial charge in [0.1, 0.15) is 18.5 Å². The highest BCUT2D eigenvalue weighted by Crippen LogP contribution is 2.32. The van der Waals surface area contributed by atoms with Crippen molar-refractivity contribution in [3.8, 4) is 17.2 Å². The summed E-state index contributed by atoms with van der Waals surface area (Å²) in [6, 6.07) is 10.4. The number of β-amino-alcohol motifs (C(OH)–C–C–N with tert-alkyl or cyclic N) is 1. The van der Waals surface area contributed by atoms with Gasteiger partial charge >= 0.3 is 0 Å². The predicted octanol–water partition coefficient (Wildman–Crippen LogP) is 2.90. The number of nitrogens with zero attached hydrogens (tertiary/aromatic N) is 2. The molecule has 0 aliphatic carbocycles. The molecule has 1 saturated heterocycles. The largest absolute Gasteiger partial charge is 0.491 e. The molecule has 0 unspecified atom stereocenters. The first-order valence-corrected chi connectivity index (χ1v) is 10.7. The third-order valence-electron chi connectivity index (χ3n) is 5.97. The van der Waals surface area contributed by atoms with Crippen LogP contribution < -0.4 is 14.2 Å². The van der Waals surface area contributed by atoms with E-state index in [0.29, 0.717) is 19.9 Å². The van der Waals surface area contributed by atoms with Crippen LogP contribution in [-0.2, 0) is 6.54 Å². The lowest BCUT2D eigenvalue weighted by molar-refractivity contribution is 0.0444. The Bertz CT molecular complexity index is 878. The Balaban J connectivity index is 1.21. The van der Waals surface area contributed by atoms with Crippen LogP contribution in [0.15, 0.2) is 30.3 Å². The molecule has 1 atom stereocenters. The molecule has 1 N–H and O–H groups in total. The van der Waals surface area contributed by atoms with Crippen molar-refractivity contribution in [3.63, 3.8) is 0 Å². The van der Waals surface area contributed by atoms with Gasteiger partial charge in [0.2, 0.25) is 6.79 Å². The molecule has 6 nitrogen and oxygen atoms in total. The Kier molecular flexibility index (Phi) is 6.46. The van der Waals surface area contributed by atoms with Gasteiger partial charge in [0.25, 0.3) is 0 Å². The topological polar surface area (TPSA) is 54.4 Å². The van der Waals surface area contributed by atoms with Crippen LogP contribution in [-0.4, -0.2) is 67.1 Å². The van der Waals surface area contributed by atoms with Gasteiger partial charge < -0.3 is 19.3 Å². The summed E-state index contributed by atoms with van der Waals surface area (Å²) in [5.74, 6) is 2.55. The summed E-state index contributed by atoms with van der Waals surface area (Å²) in [6.45, 7) is 12.3. The minimum Gasteiger partial charge on any atom is -0.491 e. The second-order valence-corrected chi connectivity index (χ2v) is 8.43. The van der Waals surface area contributed by atoms with E-state index in [0.717, 1.165) is 55.5 Å². The Hall–Kier alpha value is -2.28. The second-order valence-electron chi connectivity index (χ2n) is 8.43. The zero-order chi connectivity index (χ0) is 21.1. The first-order valence-electron chi connectivity index (χ1n) is 10.7. The van der Waals surface area contributed by atoms with Gasteiger partial charge in [0.15, 0.2) is 11.5 Å². The number of fused-ring (bicyclic) bond motifs is 1. The highest BCUT2D eigenvalue weighted by Gasteiger charge is 2.21. The zero-order valence-corrected chi connectivity index (χ0v) is 18.2. The molecule has 1 fully saturated rings. The van der Waals surface area contributed by atoms with Crippen LogP contribution in [0, 0.1) is 20.8 Å². The smallest absolute Gasteiger partial charge is 0.231 e. The SMILES string of the molecule is Cc1cc(C)c(C)c(OC[C@@H](O)CN2CCN(Cc3ccc4c(c3)OCO4)CC2)c1. The van der Waals surface area contributed by atoms with E-state index in [-0.39, 0.29) is 0 Å². The van der Waals surface area contributed by atoms with Crippen LogP contribution in [0.5, 0.6) is 17.2 Å². The maximum absolute atomic E-state index is 10.5. The van der Waals surface area contributed by atoms with Crippen molar-refractivity contribution >= 4 is 0 Å². The quantitative estimate of drug-likeness (QED) is 0.755. The van der Waals surface area contributed by atoms with Crippen LogP contribution in [0.3, 0.4) is 0 Å². The molecule has 0 amide bonds. The van der Waals surface area contributed by atoms with Crippen LogP contribution in [0.4, 0.5) is 0 Å². The standard InChI is InChI=1S/C24H32N2O4/c1-17-10-18(2)19(3)23(11-17)28-15-21(27)14-26-8-6-25(7-9-26)13-20-4-5-22-24(12-20)30-16-29-22/h4-5,10-12,21,27H,6-9,13-16H2,1-3H3/t21-/m0/s1. The van der Waals surface area contributed by atoms with Crippen molar-refractivity contribution in [2.45, 2.75) is 33.4 Å². The molecule has 2 aliphatic rings. The van der Waals surface area contributed by atoms with E-state index in [2.05, 4.69) is 48.8 Å². The molecule has 30 heavy (non-hydrogen) atoms. The molecule has 0 bridgehead atoms. The monoisotopic (exact) mass is 412 g/mol. The fraction of sp³-hybridized carbons (Fsp3) is 0.500. The van der Waals surface area contributed by atoms with Crippen molar-refractivity contribution in [3.05, 3.63) is 52.6 Å². The van der Waals surface area contributed by atoms with Crippen LogP contribution in [0.1, 0.15) is 22.3 Å². The van der Waals surface area contributed by atoms with Crippen LogP contribution in [0.25, 0.3) is 0 Å². The molecule has 162 valence electrons. The maximum atomic E-state index is 10.5. The van der Waals surface area contributed by atoms with Gasteiger partial charge in [-0.25, -0.2) is 0 Å². The molecule has 2 aliphatic heterocycles. The normalized spacial score (nSPS) is 17.9.